The summed E-state index contributed by atoms with van der Waals surface area (Å²) >= 11 is 0. The van der Waals surface area contributed by atoms with Crippen LogP contribution >= 0.6 is 0 Å². The first kappa shape index (κ1) is 18.8. The Morgan fingerprint density at radius 3 is 2.48 bits per heavy atom. The van der Waals surface area contributed by atoms with Gasteiger partial charge in [0.25, 0.3) is 0 Å². The standard InChI is InChI=1S/C18H24N2O5/c1-4-23-10-11-25-17(21)15-12(3)19-18(22)20-16(15)13-6-8-14(9-7-13)24-5-2/h6-9,16H,4-5,10-11H2,1-3H3,(H2,19,20,22)/t16-/m0/s1. The summed E-state index contributed by atoms with van der Waals surface area (Å²) in [5.74, 6) is 0.247. The van der Waals surface area contributed by atoms with Gasteiger partial charge in [-0.2, -0.15) is 0 Å². The van der Waals surface area contributed by atoms with Gasteiger partial charge in [-0.05, 0) is 38.5 Å². The zero-order chi connectivity index (χ0) is 18.2. The second-order valence-corrected chi connectivity index (χ2v) is 5.41. The third-order valence-corrected chi connectivity index (χ3v) is 3.68. The predicted molar refractivity (Wildman–Crippen MR) is 92.2 cm³/mol. The van der Waals surface area contributed by atoms with Crippen molar-refractivity contribution in [1.29, 1.82) is 0 Å². The van der Waals surface area contributed by atoms with Crippen LogP contribution in [0.2, 0.25) is 0 Å². The van der Waals surface area contributed by atoms with Crippen LogP contribution in [-0.2, 0) is 14.3 Å². The summed E-state index contributed by atoms with van der Waals surface area (Å²) in [5.41, 5.74) is 1.62. The maximum atomic E-state index is 12.5. The molecule has 0 saturated carbocycles. The molecule has 7 heteroatoms. The minimum atomic E-state index is -0.580. The van der Waals surface area contributed by atoms with E-state index in [1.807, 2.05) is 26.0 Å². The molecule has 2 rings (SSSR count). The van der Waals surface area contributed by atoms with Gasteiger partial charge in [-0.15, -0.1) is 0 Å². The average molecular weight is 348 g/mol. The number of ether oxygens (including phenoxy) is 3. The van der Waals surface area contributed by atoms with Gasteiger partial charge in [0.1, 0.15) is 12.4 Å². The zero-order valence-electron chi connectivity index (χ0n) is 14.8. The van der Waals surface area contributed by atoms with Gasteiger partial charge in [-0.25, -0.2) is 9.59 Å². The van der Waals surface area contributed by atoms with E-state index in [0.29, 0.717) is 31.1 Å². The van der Waals surface area contributed by atoms with Crippen LogP contribution < -0.4 is 15.4 Å². The van der Waals surface area contributed by atoms with Crippen molar-refractivity contribution in [2.24, 2.45) is 0 Å². The maximum absolute atomic E-state index is 12.5. The van der Waals surface area contributed by atoms with Crippen LogP contribution in [0.5, 0.6) is 5.75 Å². The maximum Gasteiger partial charge on any atom is 0.338 e. The molecule has 2 amide bonds. The molecule has 0 bridgehead atoms. The molecule has 0 fully saturated rings. The van der Waals surface area contributed by atoms with Crippen LogP contribution in [0.1, 0.15) is 32.4 Å². The van der Waals surface area contributed by atoms with Crippen LogP contribution in [0.25, 0.3) is 0 Å². The van der Waals surface area contributed by atoms with Crippen molar-refractivity contribution in [2.75, 3.05) is 26.4 Å². The van der Waals surface area contributed by atoms with E-state index < -0.39 is 12.0 Å². The zero-order valence-corrected chi connectivity index (χ0v) is 14.8. The van der Waals surface area contributed by atoms with E-state index in [-0.39, 0.29) is 12.6 Å². The molecule has 1 aliphatic rings. The number of nitrogens with one attached hydrogen (secondary N) is 2. The van der Waals surface area contributed by atoms with E-state index in [1.165, 1.54) is 0 Å². The fourth-order valence-corrected chi connectivity index (χ4v) is 2.55. The molecule has 2 N–H and O–H groups in total. The highest BCUT2D eigenvalue weighted by Crippen LogP contribution is 2.28. The molecule has 136 valence electrons. The summed E-state index contributed by atoms with van der Waals surface area (Å²) in [7, 11) is 0. The van der Waals surface area contributed by atoms with Crippen LogP contribution in [0.3, 0.4) is 0 Å². The van der Waals surface area contributed by atoms with Gasteiger partial charge < -0.3 is 24.8 Å². The van der Waals surface area contributed by atoms with Crippen LogP contribution in [-0.4, -0.2) is 38.4 Å². The topological polar surface area (TPSA) is 85.9 Å². The molecule has 0 aliphatic carbocycles. The van der Waals surface area contributed by atoms with Crippen molar-refractivity contribution in [3.8, 4) is 5.75 Å². The molecule has 1 atom stereocenters. The third-order valence-electron chi connectivity index (χ3n) is 3.68. The molecule has 0 radical (unpaired) electrons. The van der Waals surface area contributed by atoms with Gasteiger partial charge in [-0.1, -0.05) is 12.1 Å². The summed E-state index contributed by atoms with van der Waals surface area (Å²) in [6.07, 6.45) is 0. The number of esters is 1. The molecule has 1 aliphatic heterocycles. The van der Waals surface area contributed by atoms with Crippen LogP contribution in [0.4, 0.5) is 4.79 Å². The molecule has 1 aromatic rings. The molecule has 0 saturated heterocycles. The molecule has 25 heavy (non-hydrogen) atoms. The number of carbonyl (C=O) groups excluding carboxylic acids is 2. The van der Waals surface area contributed by atoms with Gasteiger partial charge in [0, 0.05) is 12.3 Å². The lowest BCUT2D eigenvalue weighted by molar-refractivity contribution is -0.141. The molecular weight excluding hydrogens is 324 g/mol. The number of urea groups is 1. The lowest BCUT2D eigenvalue weighted by atomic mass is 9.95. The first-order valence-electron chi connectivity index (χ1n) is 8.32. The minimum absolute atomic E-state index is 0.160. The molecule has 1 aromatic carbocycles. The Kier molecular flexibility index (Phi) is 6.82. The van der Waals surface area contributed by atoms with Crippen LogP contribution in [0.15, 0.2) is 35.5 Å². The molecular formula is C18H24N2O5. The first-order valence-corrected chi connectivity index (χ1v) is 8.32. The normalized spacial score (nSPS) is 16.9. The van der Waals surface area contributed by atoms with Crippen molar-refractivity contribution in [3.05, 3.63) is 41.1 Å². The second-order valence-electron chi connectivity index (χ2n) is 5.41. The summed E-state index contributed by atoms with van der Waals surface area (Å²) < 4.78 is 15.9. The molecule has 0 unspecified atom stereocenters. The molecule has 0 spiro atoms. The van der Waals surface area contributed by atoms with E-state index in [0.717, 1.165) is 11.3 Å². The highest BCUT2D eigenvalue weighted by atomic mass is 16.6. The first-order chi connectivity index (χ1) is 12.1. The van der Waals surface area contributed by atoms with Gasteiger partial charge in [0.2, 0.25) is 0 Å². The predicted octanol–water partition coefficient (Wildman–Crippen LogP) is 2.29. The fraction of sp³-hybridized carbons (Fsp3) is 0.444. The monoisotopic (exact) mass is 348 g/mol. The highest BCUT2D eigenvalue weighted by molar-refractivity contribution is 5.95. The number of amides is 2. The Hall–Kier alpha value is -2.54. The number of allylic oxidation sites excluding steroid dienone is 1. The molecule has 7 nitrogen and oxygen atoms in total. The fourth-order valence-electron chi connectivity index (χ4n) is 2.55. The van der Waals surface area contributed by atoms with Crippen molar-refractivity contribution >= 4 is 12.0 Å². The lowest BCUT2D eigenvalue weighted by Crippen LogP contribution is -2.45. The Balaban J connectivity index is 2.19. The minimum Gasteiger partial charge on any atom is -0.494 e. The van der Waals surface area contributed by atoms with Gasteiger partial charge in [0.05, 0.1) is 24.8 Å². The van der Waals surface area contributed by atoms with Gasteiger partial charge >= 0.3 is 12.0 Å². The van der Waals surface area contributed by atoms with Crippen molar-refractivity contribution in [1.82, 2.24) is 10.6 Å². The second kappa shape index (κ2) is 9.08. The molecule has 1 heterocycles. The quantitative estimate of drug-likeness (QED) is 0.556. The smallest absolute Gasteiger partial charge is 0.338 e. The number of hydrogen-bond donors (Lipinski definition) is 2. The van der Waals surface area contributed by atoms with E-state index in [1.54, 1.807) is 19.1 Å². The highest BCUT2D eigenvalue weighted by Gasteiger charge is 2.32. The van der Waals surface area contributed by atoms with Crippen molar-refractivity contribution < 1.29 is 23.8 Å². The number of carbonyl (C=O) groups is 2. The summed E-state index contributed by atoms with van der Waals surface area (Å²) in [6.45, 7) is 7.08. The lowest BCUT2D eigenvalue weighted by Gasteiger charge is -2.28. The van der Waals surface area contributed by atoms with Crippen LogP contribution in [0, 0.1) is 0 Å². The van der Waals surface area contributed by atoms with E-state index in [4.69, 9.17) is 14.2 Å². The Morgan fingerprint density at radius 2 is 1.84 bits per heavy atom. The van der Waals surface area contributed by atoms with E-state index >= 15 is 0 Å². The summed E-state index contributed by atoms with van der Waals surface area (Å²) in [6, 6.07) is 6.32. The number of hydrogen-bond acceptors (Lipinski definition) is 5. The van der Waals surface area contributed by atoms with Gasteiger partial charge in [0.15, 0.2) is 0 Å². The summed E-state index contributed by atoms with van der Waals surface area (Å²) in [4.78, 5) is 24.3. The summed E-state index contributed by atoms with van der Waals surface area (Å²) in [5, 5.41) is 5.38. The SMILES string of the molecule is CCOCCOC(=O)C1=C(C)NC(=O)N[C@H]1c1ccc(OCC)cc1. The third kappa shape index (κ3) is 4.96. The molecule has 0 aromatic heterocycles. The van der Waals surface area contributed by atoms with Crippen molar-refractivity contribution in [2.45, 2.75) is 26.8 Å². The number of rotatable bonds is 8. The average Bonchev–Trinajstić information content (AvgIpc) is 2.59. The Morgan fingerprint density at radius 1 is 1.12 bits per heavy atom. The Labute approximate surface area is 147 Å². The number of benzene rings is 1. The van der Waals surface area contributed by atoms with E-state index in [2.05, 4.69) is 10.6 Å². The Bertz CT molecular complexity index is 639. The van der Waals surface area contributed by atoms with Crippen molar-refractivity contribution in [3.63, 3.8) is 0 Å². The van der Waals surface area contributed by atoms with Gasteiger partial charge in [-0.3, -0.25) is 0 Å². The van der Waals surface area contributed by atoms with E-state index in [9.17, 15) is 9.59 Å². The largest absolute Gasteiger partial charge is 0.494 e.